The highest BCUT2D eigenvalue weighted by atomic mass is 16.5. The SMILES string of the molecule is C=CCOC(=O)C1(CC)CCCCC1=O.C=CC[C@]1(CC)CCCCC1=O. The number of hydrogen-bond acceptors (Lipinski definition) is 4. The summed E-state index contributed by atoms with van der Waals surface area (Å²) >= 11 is 0. The molecule has 0 aromatic heterocycles. The number of carbonyl (C=O) groups excluding carboxylic acids is 3. The van der Waals surface area contributed by atoms with Gasteiger partial charge in [0.05, 0.1) is 0 Å². The van der Waals surface area contributed by atoms with E-state index < -0.39 is 5.41 Å². The first-order chi connectivity index (χ1) is 12.9. The van der Waals surface area contributed by atoms with Crippen molar-refractivity contribution >= 4 is 17.5 Å². The maximum Gasteiger partial charge on any atom is 0.319 e. The van der Waals surface area contributed by atoms with Gasteiger partial charge in [-0.15, -0.1) is 6.58 Å². The maximum absolute atomic E-state index is 11.8. The highest BCUT2D eigenvalue weighted by Gasteiger charge is 2.46. The lowest BCUT2D eigenvalue weighted by atomic mass is 9.69. The van der Waals surface area contributed by atoms with Crippen LogP contribution < -0.4 is 0 Å². The third kappa shape index (κ3) is 5.63. The molecule has 0 heterocycles. The summed E-state index contributed by atoms with van der Waals surface area (Å²) in [6, 6.07) is 0. The Morgan fingerprint density at radius 3 is 2.07 bits per heavy atom. The Hall–Kier alpha value is -1.71. The summed E-state index contributed by atoms with van der Waals surface area (Å²) < 4.78 is 5.02. The van der Waals surface area contributed by atoms with E-state index in [-0.39, 0.29) is 23.8 Å². The van der Waals surface area contributed by atoms with Crippen molar-refractivity contribution in [1.82, 2.24) is 0 Å². The standard InChI is InChI=1S/C12H18O3.C11H18O/c1-3-9-15-11(14)12(4-2)8-6-5-7-10(12)13;1-3-8-11(4-2)9-6-5-7-10(11)12/h3H,1,4-9H2,2H3;3H,1,4-9H2,2H3/t;11-/m.1/s1. The molecule has 0 aromatic carbocycles. The second-order valence-electron chi connectivity index (χ2n) is 7.71. The quantitative estimate of drug-likeness (QED) is 0.341. The third-order valence-electron chi connectivity index (χ3n) is 6.23. The molecule has 0 aliphatic heterocycles. The van der Waals surface area contributed by atoms with Crippen molar-refractivity contribution in [2.24, 2.45) is 10.8 Å². The molecule has 27 heavy (non-hydrogen) atoms. The zero-order valence-electron chi connectivity index (χ0n) is 17.2. The molecule has 2 rings (SSSR count). The minimum absolute atomic E-state index is 0.0278. The van der Waals surface area contributed by atoms with Gasteiger partial charge in [0.2, 0.25) is 0 Å². The van der Waals surface area contributed by atoms with E-state index in [1.54, 1.807) is 0 Å². The summed E-state index contributed by atoms with van der Waals surface area (Å²) in [5, 5.41) is 0. The first kappa shape index (κ1) is 23.3. The van der Waals surface area contributed by atoms with E-state index in [9.17, 15) is 14.4 Å². The molecule has 2 atom stereocenters. The molecule has 0 spiro atoms. The molecule has 0 N–H and O–H groups in total. The predicted octanol–water partition coefficient (Wildman–Crippen LogP) is 5.36. The van der Waals surface area contributed by atoms with Gasteiger partial charge in [-0.05, 0) is 44.9 Å². The largest absolute Gasteiger partial charge is 0.461 e. The number of esters is 1. The van der Waals surface area contributed by atoms with Crippen LogP contribution in [0.1, 0.15) is 84.5 Å². The van der Waals surface area contributed by atoms with Gasteiger partial charge in [0.25, 0.3) is 0 Å². The fraction of sp³-hybridized carbons (Fsp3) is 0.696. The minimum Gasteiger partial charge on any atom is -0.461 e. The van der Waals surface area contributed by atoms with E-state index in [1.165, 1.54) is 12.5 Å². The summed E-state index contributed by atoms with van der Waals surface area (Å²) in [6.45, 7) is 11.4. The molecule has 2 aliphatic rings. The molecule has 0 saturated heterocycles. The smallest absolute Gasteiger partial charge is 0.319 e. The molecule has 2 saturated carbocycles. The monoisotopic (exact) mass is 376 g/mol. The minimum atomic E-state index is -0.860. The van der Waals surface area contributed by atoms with Crippen LogP contribution in [-0.4, -0.2) is 24.1 Å². The van der Waals surface area contributed by atoms with Crippen molar-refractivity contribution in [3.63, 3.8) is 0 Å². The Balaban J connectivity index is 0.000000277. The Labute approximate surface area is 164 Å². The van der Waals surface area contributed by atoms with Crippen molar-refractivity contribution in [2.75, 3.05) is 6.61 Å². The van der Waals surface area contributed by atoms with Crippen LogP contribution in [0.3, 0.4) is 0 Å². The second-order valence-corrected chi connectivity index (χ2v) is 7.71. The Morgan fingerprint density at radius 2 is 1.59 bits per heavy atom. The molecular formula is C23H36O4. The Bertz CT molecular complexity index is 551. The fourth-order valence-electron chi connectivity index (χ4n) is 4.26. The van der Waals surface area contributed by atoms with Crippen LogP contribution in [0, 0.1) is 10.8 Å². The zero-order chi connectivity index (χ0) is 20.3. The summed E-state index contributed by atoms with van der Waals surface area (Å²) in [5.41, 5.74) is -0.888. The highest BCUT2D eigenvalue weighted by Crippen LogP contribution is 2.39. The van der Waals surface area contributed by atoms with Gasteiger partial charge in [0.15, 0.2) is 0 Å². The van der Waals surface area contributed by atoms with Crippen molar-refractivity contribution in [1.29, 1.82) is 0 Å². The molecule has 0 aromatic rings. The number of ketones is 2. The van der Waals surface area contributed by atoms with E-state index in [1.807, 2.05) is 13.0 Å². The van der Waals surface area contributed by atoms with E-state index >= 15 is 0 Å². The summed E-state index contributed by atoms with van der Waals surface area (Å²) in [7, 11) is 0. The van der Waals surface area contributed by atoms with E-state index in [0.717, 1.165) is 44.9 Å². The lowest BCUT2D eigenvalue weighted by Crippen LogP contribution is -2.42. The topological polar surface area (TPSA) is 60.4 Å². The average Bonchev–Trinajstić information content (AvgIpc) is 2.69. The highest BCUT2D eigenvalue weighted by molar-refractivity contribution is 6.04. The van der Waals surface area contributed by atoms with Gasteiger partial charge in [0, 0.05) is 18.3 Å². The molecule has 2 fully saturated rings. The van der Waals surface area contributed by atoms with Crippen molar-refractivity contribution in [2.45, 2.75) is 84.5 Å². The molecular weight excluding hydrogens is 340 g/mol. The molecule has 0 radical (unpaired) electrons. The van der Waals surface area contributed by atoms with Gasteiger partial charge in [-0.25, -0.2) is 0 Å². The summed E-state index contributed by atoms with van der Waals surface area (Å²) in [4.78, 5) is 35.3. The van der Waals surface area contributed by atoms with Crippen LogP contribution >= 0.6 is 0 Å². The van der Waals surface area contributed by atoms with Gasteiger partial charge >= 0.3 is 5.97 Å². The summed E-state index contributed by atoms with van der Waals surface area (Å²) in [5.74, 6) is 0.149. The van der Waals surface area contributed by atoms with Crippen LogP contribution in [0.25, 0.3) is 0 Å². The van der Waals surface area contributed by atoms with Gasteiger partial charge in [-0.3, -0.25) is 14.4 Å². The van der Waals surface area contributed by atoms with Gasteiger partial charge in [0.1, 0.15) is 23.6 Å². The normalized spacial score (nSPS) is 27.9. The molecule has 0 amide bonds. The third-order valence-corrected chi connectivity index (χ3v) is 6.23. The van der Waals surface area contributed by atoms with Crippen molar-refractivity contribution in [3.05, 3.63) is 25.3 Å². The Morgan fingerprint density at radius 1 is 0.963 bits per heavy atom. The zero-order valence-corrected chi connectivity index (χ0v) is 17.2. The lowest BCUT2D eigenvalue weighted by Gasteiger charge is -2.33. The number of carbonyl (C=O) groups is 3. The first-order valence-corrected chi connectivity index (χ1v) is 10.4. The number of allylic oxidation sites excluding steroid dienone is 1. The van der Waals surface area contributed by atoms with Crippen molar-refractivity contribution in [3.8, 4) is 0 Å². The van der Waals surface area contributed by atoms with Crippen molar-refractivity contribution < 1.29 is 19.1 Å². The molecule has 152 valence electrons. The number of Topliss-reactive ketones (excluding diaryl/α,β-unsaturated/α-hetero) is 2. The van der Waals surface area contributed by atoms with Crippen LogP contribution in [0.15, 0.2) is 25.3 Å². The number of rotatable bonds is 7. The van der Waals surface area contributed by atoms with Crippen LogP contribution in [0.2, 0.25) is 0 Å². The summed E-state index contributed by atoms with van der Waals surface area (Å²) in [6.07, 6.45) is 13.0. The molecule has 4 heteroatoms. The van der Waals surface area contributed by atoms with E-state index in [4.69, 9.17) is 4.74 Å². The number of hydrogen-bond donors (Lipinski definition) is 0. The van der Waals surface area contributed by atoms with Crippen LogP contribution in [0.5, 0.6) is 0 Å². The van der Waals surface area contributed by atoms with Gasteiger partial charge < -0.3 is 4.74 Å². The van der Waals surface area contributed by atoms with Crippen LogP contribution in [0.4, 0.5) is 0 Å². The molecule has 0 bridgehead atoms. The molecule has 2 aliphatic carbocycles. The maximum atomic E-state index is 11.8. The van der Waals surface area contributed by atoms with Crippen LogP contribution in [-0.2, 0) is 19.1 Å². The molecule has 4 nitrogen and oxygen atoms in total. The van der Waals surface area contributed by atoms with Gasteiger partial charge in [-0.2, -0.15) is 0 Å². The molecule has 1 unspecified atom stereocenters. The van der Waals surface area contributed by atoms with E-state index in [0.29, 0.717) is 25.0 Å². The number of ether oxygens (including phenoxy) is 1. The first-order valence-electron chi connectivity index (χ1n) is 10.4. The second kappa shape index (κ2) is 11.2. The average molecular weight is 377 g/mol. The van der Waals surface area contributed by atoms with Gasteiger partial charge in [-0.1, -0.05) is 45.4 Å². The Kier molecular flexibility index (Phi) is 9.68. The van der Waals surface area contributed by atoms with E-state index in [2.05, 4.69) is 20.1 Å². The predicted molar refractivity (Wildman–Crippen MR) is 108 cm³/mol. The lowest BCUT2D eigenvalue weighted by molar-refractivity contribution is -0.162. The fourth-order valence-corrected chi connectivity index (χ4v) is 4.26.